The molecule has 4 heterocycles. The van der Waals surface area contributed by atoms with Crippen molar-refractivity contribution < 1.29 is 14.3 Å². The maximum Gasteiger partial charge on any atom is 0.314 e. The Labute approximate surface area is 191 Å². The highest BCUT2D eigenvalue weighted by Crippen LogP contribution is 2.36. The number of hydrogen-bond acceptors (Lipinski definition) is 7. The van der Waals surface area contributed by atoms with Crippen molar-refractivity contribution in [2.75, 3.05) is 29.4 Å². The molecule has 2 aliphatic heterocycles. The Bertz CT molecular complexity index is 1170. The number of anilines is 2. The van der Waals surface area contributed by atoms with E-state index < -0.39 is 0 Å². The molecule has 7 nitrogen and oxygen atoms in total. The number of benzene rings is 1. The SMILES string of the molecule is Cc1sc2ncnc(N3CCC(C(=O)Oc4ccc(N5CCCC5=O)cc4)CC3)c2c1C. The molecule has 2 aliphatic rings. The topological polar surface area (TPSA) is 75.6 Å². The van der Waals surface area contributed by atoms with Crippen molar-refractivity contribution in [2.45, 2.75) is 39.5 Å². The quantitative estimate of drug-likeness (QED) is 0.437. The van der Waals surface area contributed by atoms with E-state index in [9.17, 15) is 9.59 Å². The van der Waals surface area contributed by atoms with Crippen LogP contribution >= 0.6 is 11.3 Å². The van der Waals surface area contributed by atoms with E-state index in [1.165, 1.54) is 10.4 Å². The summed E-state index contributed by atoms with van der Waals surface area (Å²) in [6, 6.07) is 7.24. The van der Waals surface area contributed by atoms with Crippen molar-refractivity contribution in [1.29, 1.82) is 0 Å². The van der Waals surface area contributed by atoms with Gasteiger partial charge in [0.1, 0.15) is 22.7 Å². The molecule has 3 aromatic rings. The van der Waals surface area contributed by atoms with Crippen LogP contribution in [-0.4, -0.2) is 41.5 Å². The zero-order valence-electron chi connectivity index (χ0n) is 18.3. The number of carbonyl (C=O) groups excluding carboxylic acids is 2. The first-order chi connectivity index (χ1) is 15.5. The van der Waals surface area contributed by atoms with Gasteiger partial charge in [0.05, 0.1) is 11.3 Å². The number of amides is 1. The number of aromatic nitrogens is 2. The molecule has 1 aromatic carbocycles. The monoisotopic (exact) mass is 450 g/mol. The molecule has 0 N–H and O–H groups in total. The Balaban J connectivity index is 1.21. The summed E-state index contributed by atoms with van der Waals surface area (Å²) in [5.74, 6) is 1.32. The number of piperidine rings is 1. The number of nitrogens with zero attached hydrogens (tertiary/aromatic N) is 4. The summed E-state index contributed by atoms with van der Waals surface area (Å²) in [4.78, 5) is 40.0. The molecule has 1 amide bonds. The molecule has 0 unspecified atom stereocenters. The number of rotatable bonds is 4. The van der Waals surface area contributed by atoms with Crippen molar-refractivity contribution in [3.63, 3.8) is 0 Å². The summed E-state index contributed by atoms with van der Waals surface area (Å²) in [5, 5.41) is 1.13. The molecule has 0 atom stereocenters. The molecule has 0 aliphatic carbocycles. The van der Waals surface area contributed by atoms with Crippen molar-refractivity contribution in [3.05, 3.63) is 41.0 Å². The second-order valence-corrected chi connectivity index (χ2v) is 9.69. The van der Waals surface area contributed by atoms with Gasteiger partial charge < -0.3 is 14.5 Å². The number of esters is 1. The van der Waals surface area contributed by atoms with Gasteiger partial charge in [-0.3, -0.25) is 9.59 Å². The van der Waals surface area contributed by atoms with Gasteiger partial charge in [-0.05, 0) is 62.9 Å². The molecular formula is C24H26N4O3S. The van der Waals surface area contributed by atoms with Gasteiger partial charge >= 0.3 is 5.97 Å². The van der Waals surface area contributed by atoms with Gasteiger partial charge in [-0.2, -0.15) is 0 Å². The fraction of sp³-hybridized carbons (Fsp3) is 0.417. The Morgan fingerprint density at radius 1 is 1.09 bits per heavy atom. The lowest BCUT2D eigenvalue weighted by Crippen LogP contribution is -2.38. The van der Waals surface area contributed by atoms with Crippen LogP contribution in [0.1, 0.15) is 36.1 Å². The molecule has 32 heavy (non-hydrogen) atoms. The van der Waals surface area contributed by atoms with Crippen LogP contribution in [0.4, 0.5) is 11.5 Å². The van der Waals surface area contributed by atoms with Gasteiger partial charge in [0.2, 0.25) is 5.91 Å². The van der Waals surface area contributed by atoms with Crippen LogP contribution in [0.25, 0.3) is 10.2 Å². The van der Waals surface area contributed by atoms with Crippen molar-refractivity contribution in [3.8, 4) is 5.75 Å². The standard InChI is InChI=1S/C24H26N4O3S/c1-15-16(2)32-23-21(15)22(25-14-26-23)27-12-9-17(10-13-27)24(30)31-19-7-5-18(6-8-19)28-11-3-4-20(28)29/h5-8,14,17H,3-4,9-13H2,1-2H3. The highest BCUT2D eigenvalue weighted by atomic mass is 32.1. The van der Waals surface area contributed by atoms with Gasteiger partial charge in [-0.15, -0.1) is 11.3 Å². The molecule has 0 bridgehead atoms. The zero-order valence-corrected chi connectivity index (χ0v) is 19.2. The lowest BCUT2D eigenvalue weighted by Gasteiger charge is -2.32. The predicted molar refractivity (Wildman–Crippen MR) is 125 cm³/mol. The number of carbonyl (C=O) groups is 2. The van der Waals surface area contributed by atoms with E-state index in [0.717, 1.165) is 60.6 Å². The summed E-state index contributed by atoms with van der Waals surface area (Å²) < 4.78 is 5.65. The molecular weight excluding hydrogens is 424 g/mol. The lowest BCUT2D eigenvalue weighted by molar-refractivity contribution is -0.139. The van der Waals surface area contributed by atoms with Gasteiger partial charge in [0.15, 0.2) is 0 Å². The molecule has 0 spiro atoms. The molecule has 2 fully saturated rings. The van der Waals surface area contributed by atoms with Gasteiger partial charge in [-0.1, -0.05) is 0 Å². The van der Waals surface area contributed by atoms with Crippen LogP contribution < -0.4 is 14.5 Å². The largest absolute Gasteiger partial charge is 0.426 e. The first-order valence-corrected chi connectivity index (χ1v) is 11.9. The molecule has 0 saturated carbocycles. The molecule has 2 saturated heterocycles. The van der Waals surface area contributed by atoms with Crippen LogP contribution in [0.2, 0.25) is 0 Å². The number of hydrogen-bond donors (Lipinski definition) is 0. The summed E-state index contributed by atoms with van der Waals surface area (Å²) in [5.41, 5.74) is 2.09. The van der Waals surface area contributed by atoms with Crippen LogP contribution in [0, 0.1) is 19.8 Å². The molecule has 5 rings (SSSR count). The molecule has 2 aromatic heterocycles. The second-order valence-electron chi connectivity index (χ2n) is 8.49. The van der Waals surface area contributed by atoms with E-state index in [2.05, 4.69) is 28.7 Å². The van der Waals surface area contributed by atoms with E-state index >= 15 is 0 Å². The molecule has 166 valence electrons. The van der Waals surface area contributed by atoms with Crippen LogP contribution in [0.3, 0.4) is 0 Å². The Kier molecular flexibility index (Phi) is 5.55. The third kappa shape index (κ3) is 3.83. The van der Waals surface area contributed by atoms with Gasteiger partial charge in [0, 0.05) is 36.6 Å². The highest BCUT2D eigenvalue weighted by Gasteiger charge is 2.29. The van der Waals surface area contributed by atoms with E-state index in [4.69, 9.17) is 4.74 Å². The smallest absolute Gasteiger partial charge is 0.314 e. The average molecular weight is 451 g/mol. The van der Waals surface area contributed by atoms with Crippen LogP contribution in [0.5, 0.6) is 5.75 Å². The number of fused-ring (bicyclic) bond motifs is 1. The highest BCUT2D eigenvalue weighted by molar-refractivity contribution is 7.18. The van der Waals surface area contributed by atoms with E-state index in [0.29, 0.717) is 12.2 Å². The maximum atomic E-state index is 12.7. The fourth-order valence-corrected chi connectivity index (χ4v) is 5.54. The minimum Gasteiger partial charge on any atom is -0.426 e. The summed E-state index contributed by atoms with van der Waals surface area (Å²) in [6.07, 6.45) is 4.58. The van der Waals surface area contributed by atoms with Gasteiger partial charge in [-0.25, -0.2) is 9.97 Å². The fourth-order valence-electron chi connectivity index (χ4n) is 4.55. The second kappa shape index (κ2) is 8.50. The van der Waals surface area contributed by atoms with Crippen molar-refractivity contribution >= 4 is 44.9 Å². The Morgan fingerprint density at radius 2 is 1.84 bits per heavy atom. The average Bonchev–Trinajstić information content (AvgIpc) is 3.37. The summed E-state index contributed by atoms with van der Waals surface area (Å²) in [7, 11) is 0. The van der Waals surface area contributed by atoms with Crippen LogP contribution in [-0.2, 0) is 9.59 Å². The third-order valence-electron chi connectivity index (χ3n) is 6.51. The number of ether oxygens (including phenoxy) is 1. The van der Waals surface area contributed by atoms with E-state index in [1.807, 2.05) is 12.1 Å². The minimum absolute atomic E-state index is 0.131. The lowest BCUT2D eigenvalue weighted by atomic mass is 9.96. The van der Waals surface area contributed by atoms with Crippen molar-refractivity contribution in [2.24, 2.45) is 5.92 Å². The molecule has 0 radical (unpaired) electrons. The first kappa shape index (κ1) is 20.9. The Morgan fingerprint density at radius 3 is 2.53 bits per heavy atom. The van der Waals surface area contributed by atoms with Crippen LogP contribution in [0.15, 0.2) is 30.6 Å². The number of aryl methyl sites for hydroxylation is 2. The maximum absolute atomic E-state index is 12.7. The third-order valence-corrected chi connectivity index (χ3v) is 7.63. The minimum atomic E-state index is -0.190. The number of thiophene rings is 1. The normalized spacial score (nSPS) is 17.4. The summed E-state index contributed by atoms with van der Waals surface area (Å²) in [6.45, 7) is 6.51. The Hall–Kier alpha value is -3.00. The molecule has 8 heteroatoms. The predicted octanol–water partition coefficient (Wildman–Crippen LogP) is 4.26. The first-order valence-electron chi connectivity index (χ1n) is 11.1. The zero-order chi connectivity index (χ0) is 22.2. The van der Waals surface area contributed by atoms with E-state index in [-0.39, 0.29) is 17.8 Å². The summed E-state index contributed by atoms with van der Waals surface area (Å²) >= 11 is 1.70. The van der Waals surface area contributed by atoms with Gasteiger partial charge in [0.25, 0.3) is 0 Å². The van der Waals surface area contributed by atoms with Crippen molar-refractivity contribution in [1.82, 2.24) is 9.97 Å². The van der Waals surface area contributed by atoms with E-state index in [1.54, 1.807) is 34.7 Å².